The minimum atomic E-state index is -0.480. The highest BCUT2D eigenvalue weighted by Crippen LogP contribution is 2.18. The maximum Gasteiger partial charge on any atom is 0.224 e. The maximum atomic E-state index is 12.5. The van der Waals surface area contributed by atoms with Crippen LogP contribution in [0.1, 0.15) is 38.2 Å². The Hall–Kier alpha value is -2.37. The van der Waals surface area contributed by atoms with Crippen LogP contribution >= 0.6 is 0 Å². The maximum absolute atomic E-state index is 12.5. The van der Waals surface area contributed by atoms with E-state index in [1.807, 2.05) is 42.2 Å². The lowest BCUT2D eigenvalue weighted by Crippen LogP contribution is -2.43. The van der Waals surface area contributed by atoms with Crippen LogP contribution in [0.4, 0.5) is 0 Å². The molecule has 0 radical (unpaired) electrons. The number of primary amides is 1. The summed E-state index contributed by atoms with van der Waals surface area (Å²) in [7, 11) is 0. The molecule has 6 heteroatoms. The molecule has 2 rings (SSSR count). The molecule has 1 atom stereocenters. The van der Waals surface area contributed by atoms with E-state index in [2.05, 4.69) is 0 Å². The van der Waals surface area contributed by atoms with Gasteiger partial charge in [0.15, 0.2) is 0 Å². The molecule has 3 amide bonds. The topological polar surface area (TPSA) is 83.7 Å². The van der Waals surface area contributed by atoms with E-state index in [9.17, 15) is 14.4 Å². The van der Waals surface area contributed by atoms with Crippen molar-refractivity contribution in [3.05, 3.63) is 35.9 Å². The van der Waals surface area contributed by atoms with E-state index in [0.717, 1.165) is 12.0 Å². The molecular formula is C18H25N3O3. The summed E-state index contributed by atoms with van der Waals surface area (Å²) in [4.78, 5) is 39.3. The molecule has 1 heterocycles. The molecule has 1 fully saturated rings. The van der Waals surface area contributed by atoms with Gasteiger partial charge in [0.2, 0.25) is 17.7 Å². The summed E-state index contributed by atoms with van der Waals surface area (Å²) in [6.07, 6.45) is 1.25. The zero-order chi connectivity index (χ0) is 17.5. The fourth-order valence-corrected chi connectivity index (χ4v) is 2.98. The SMILES string of the molecule is CC[C@@H]1CN(C(=O)CCC(N)=O)CCC(=O)N1Cc1ccccc1. The van der Waals surface area contributed by atoms with Gasteiger partial charge in [-0.05, 0) is 12.0 Å². The van der Waals surface area contributed by atoms with Crippen LogP contribution in [0.25, 0.3) is 0 Å². The van der Waals surface area contributed by atoms with Crippen molar-refractivity contribution in [3.8, 4) is 0 Å². The van der Waals surface area contributed by atoms with Gasteiger partial charge in [-0.25, -0.2) is 0 Å². The predicted octanol–water partition coefficient (Wildman–Crippen LogP) is 1.29. The third kappa shape index (κ3) is 4.81. The van der Waals surface area contributed by atoms with Crippen LogP contribution in [-0.2, 0) is 20.9 Å². The second-order valence-corrected chi connectivity index (χ2v) is 6.13. The molecule has 1 aromatic rings. The molecule has 1 aliphatic rings. The molecule has 1 aliphatic heterocycles. The molecule has 6 nitrogen and oxygen atoms in total. The molecule has 0 saturated carbocycles. The van der Waals surface area contributed by atoms with Gasteiger partial charge in [-0.1, -0.05) is 37.3 Å². The number of benzene rings is 1. The van der Waals surface area contributed by atoms with Crippen LogP contribution in [0, 0.1) is 0 Å². The Morgan fingerprint density at radius 1 is 1.21 bits per heavy atom. The third-order valence-corrected chi connectivity index (χ3v) is 4.39. The second-order valence-electron chi connectivity index (χ2n) is 6.13. The minimum absolute atomic E-state index is 0.0160. The summed E-state index contributed by atoms with van der Waals surface area (Å²) in [5.74, 6) is -0.524. The van der Waals surface area contributed by atoms with Crippen molar-refractivity contribution in [1.29, 1.82) is 0 Å². The van der Waals surface area contributed by atoms with Crippen LogP contribution in [0.3, 0.4) is 0 Å². The lowest BCUT2D eigenvalue weighted by atomic mass is 10.1. The predicted molar refractivity (Wildman–Crippen MR) is 90.7 cm³/mol. The first-order valence-electron chi connectivity index (χ1n) is 8.40. The molecule has 0 bridgehead atoms. The van der Waals surface area contributed by atoms with Gasteiger partial charge in [-0.3, -0.25) is 14.4 Å². The van der Waals surface area contributed by atoms with Gasteiger partial charge in [0.25, 0.3) is 0 Å². The van der Waals surface area contributed by atoms with E-state index in [1.54, 1.807) is 4.90 Å². The summed E-state index contributed by atoms with van der Waals surface area (Å²) < 4.78 is 0. The standard InChI is InChI=1S/C18H25N3O3/c1-2-15-13-20(17(23)9-8-16(19)22)11-10-18(24)21(15)12-14-6-4-3-5-7-14/h3-7,15H,2,8-13H2,1H3,(H2,19,22)/t15-/m1/s1. The van der Waals surface area contributed by atoms with Gasteiger partial charge in [-0.15, -0.1) is 0 Å². The summed E-state index contributed by atoms with van der Waals surface area (Å²) in [5, 5.41) is 0. The molecule has 1 saturated heterocycles. The summed E-state index contributed by atoms with van der Waals surface area (Å²) in [6, 6.07) is 9.85. The van der Waals surface area contributed by atoms with Crippen LogP contribution in [0.5, 0.6) is 0 Å². The quantitative estimate of drug-likeness (QED) is 0.852. The Labute approximate surface area is 142 Å². The highest BCUT2D eigenvalue weighted by Gasteiger charge is 2.30. The Kier molecular flexibility index (Phi) is 6.35. The van der Waals surface area contributed by atoms with Gasteiger partial charge in [0.05, 0.1) is 0 Å². The van der Waals surface area contributed by atoms with Crippen molar-refractivity contribution >= 4 is 17.7 Å². The zero-order valence-electron chi connectivity index (χ0n) is 14.1. The number of amides is 3. The highest BCUT2D eigenvalue weighted by atomic mass is 16.2. The van der Waals surface area contributed by atoms with Gasteiger partial charge in [0, 0.05) is 44.9 Å². The number of rotatable bonds is 6. The van der Waals surface area contributed by atoms with Crippen LogP contribution in [0.2, 0.25) is 0 Å². The minimum Gasteiger partial charge on any atom is -0.370 e. The lowest BCUT2D eigenvalue weighted by Gasteiger charge is -2.31. The Morgan fingerprint density at radius 2 is 1.92 bits per heavy atom. The normalized spacial score (nSPS) is 18.4. The van der Waals surface area contributed by atoms with E-state index < -0.39 is 5.91 Å². The number of hydrogen-bond donors (Lipinski definition) is 1. The van der Waals surface area contributed by atoms with E-state index in [0.29, 0.717) is 26.1 Å². The highest BCUT2D eigenvalue weighted by molar-refractivity contribution is 5.84. The van der Waals surface area contributed by atoms with Crippen molar-refractivity contribution in [3.63, 3.8) is 0 Å². The average molecular weight is 331 g/mol. The first-order chi connectivity index (χ1) is 11.5. The molecule has 0 unspecified atom stereocenters. The number of nitrogens with two attached hydrogens (primary N) is 1. The number of nitrogens with zero attached hydrogens (tertiary/aromatic N) is 2. The van der Waals surface area contributed by atoms with Crippen molar-refractivity contribution < 1.29 is 14.4 Å². The van der Waals surface area contributed by atoms with Crippen molar-refractivity contribution in [2.24, 2.45) is 5.73 Å². The fourth-order valence-electron chi connectivity index (χ4n) is 2.98. The van der Waals surface area contributed by atoms with Crippen molar-refractivity contribution in [1.82, 2.24) is 9.80 Å². The first kappa shape index (κ1) is 18.0. The molecule has 1 aromatic carbocycles. The van der Waals surface area contributed by atoms with Crippen LogP contribution < -0.4 is 5.73 Å². The van der Waals surface area contributed by atoms with Gasteiger partial charge in [-0.2, -0.15) is 0 Å². The van der Waals surface area contributed by atoms with E-state index in [4.69, 9.17) is 5.73 Å². The lowest BCUT2D eigenvalue weighted by molar-refractivity contribution is -0.134. The number of carbonyl (C=O) groups excluding carboxylic acids is 3. The van der Waals surface area contributed by atoms with Crippen molar-refractivity contribution in [2.45, 2.75) is 45.2 Å². The molecule has 0 aromatic heterocycles. The largest absolute Gasteiger partial charge is 0.370 e. The van der Waals surface area contributed by atoms with Gasteiger partial charge >= 0.3 is 0 Å². The van der Waals surface area contributed by atoms with E-state index >= 15 is 0 Å². The molecule has 2 N–H and O–H groups in total. The Balaban J connectivity index is 2.07. The van der Waals surface area contributed by atoms with Crippen LogP contribution in [-0.4, -0.2) is 46.7 Å². The van der Waals surface area contributed by atoms with Gasteiger partial charge < -0.3 is 15.5 Å². The van der Waals surface area contributed by atoms with E-state index in [1.165, 1.54) is 0 Å². The number of carbonyl (C=O) groups is 3. The second kappa shape index (κ2) is 8.47. The van der Waals surface area contributed by atoms with Crippen molar-refractivity contribution in [2.75, 3.05) is 13.1 Å². The molecule has 24 heavy (non-hydrogen) atoms. The molecule has 130 valence electrons. The monoisotopic (exact) mass is 331 g/mol. The summed E-state index contributed by atoms with van der Waals surface area (Å²) in [6.45, 7) is 3.49. The third-order valence-electron chi connectivity index (χ3n) is 4.39. The summed E-state index contributed by atoms with van der Waals surface area (Å²) in [5.41, 5.74) is 6.19. The smallest absolute Gasteiger partial charge is 0.224 e. The molecular weight excluding hydrogens is 306 g/mol. The Morgan fingerprint density at radius 3 is 2.54 bits per heavy atom. The van der Waals surface area contributed by atoms with Gasteiger partial charge in [0.1, 0.15) is 0 Å². The average Bonchev–Trinajstić information content (AvgIpc) is 2.73. The zero-order valence-corrected chi connectivity index (χ0v) is 14.1. The Bertz CT molecular complexity index is 588. The molecule has 0 aliphatic carbocycles. The summed E-state index contributed by atoms with van der Waals surface area (Å²) >= 11 is 0. The fraction of sp³-hybridized carbons (Fsp3) is 0.500. The first-order valence-corrected chi connectivity index (χ1v) is 8.40. The molecule has 0 spiro atoms. The van der Waals surface area contributed by atoms with Crippen LogP contribution in [0.15, 0.2) is 30.3 Å². The number of hydrogen-bond acceptors (Lipinski definition) is 3. The van der Waals surface area contributed by atoms with E-state index in [-0.39, 0.29) is 30.7 Å².